The largest absolute Gasteiger partial charge is 0.303 e. The summed E-state index contributed by atoms with van der Waals surface area (Å²) in [6.45, 7) is 4.20. The number of fused-ring (bicyclic) bond motifs is 1. The normalized spacial score (nSPS) is 11.1. The highest BCUT2D eigenvalue weighted by Gasteiger charge is 2.09. The third-order valence-electron chi connectivity index (χ3n) is 3.12. The van der Waals surface area contributed by atoms with Crippen LogP contribution in [0.1, 0.15) is 11.3 Å². The average molecular weight is 301 g/mol. The fraction of sp³-hybridized carbons (Fsp3) is 0.133. The summed E-state index contributed by atoms with van der Waals surface area (Å²) in [7, 11) is 0. The van der Waals surface area contributed by atoms with E-state index in [-0.39, 0.29) is 0 Å². The number of benzene rings is 1. The van der Waals surface area contributed by atoms with Gasteiger partial charge in [-0.15, -0.1) is 0 Å². The third-order valence-corrected chi connectivity index (χ3v) is 3.65. The van der Waals surface area contributed by atoms with E-state index in [4.69, 9.17) is 4.98 Å². The zero-order valence-electron chi connectivity index (χ0n) is 10.3. The van der Waals surface area contributed by atoms with Crippen LogP contribution in [0, 0.1) is 13.8 Å². The maximum absolute atomic E-state index is 4.70. The summed E-state index contributed by atoms with van der Waals surface area (Å²) < 4.78 is 3.23. The standard InChI is InChI=1S/C15H13BrN2/c1-10-3-8-14-17-15(11(2)18(14)9-10)12-4-6-13(16)7-5-12/h3-9H,1-2H3. The Labute approximate surface area is 114 Å². The fourth-order valence-corrected chi connectivity index (χ4v) is 2.41. The second-order valence-electron chi connectivity index (χ2n) is 4.49. The van der Waals surface area contributed by atoms with Gasteiger partial charge >= 0.3 is 0 Å². The summed E-state index contributed by atoms with van der Waals surface area (Å²) in [5.74, 6) is 0. The molecule has 0 N–H and O–H groups in total. The number of hydrogen-bond acceptors (Lipinski definition) is 1. The maximum atomic E-state index is 4.70. The van der Waals surface area contributed by atoms with Gasteiger partial charge in [-0.05, 0) is 37.6 Å². The molecule has 0 aliphatic carbocycles. The quantitative estimate of drug-likeness (QED) is 0.652. The van der Waals surface area contributed by atoms with Crippen molar-refractivity contribution < 1.29 is 0 Å². The number of nitrogens with zero attached hydrogens (tertiary/aromatic N) is 2. The first-order chi connectivity index (χ1) is 8.65. The number of hydrogen-bond donors (Lipinski definition) is 0. The van der Waals surface area contributed by atoms with Crippen molar-refractivity contribution in [2.24, 2.45) is 0 Å². The molecule has 0 saturated carbocycles. The lowest BCUT2D eigenvalue weighted by molar-refractivity contribution is 1.09. The molecule has 0 unspecified atom stereocenters. The van der Waals surface area contributed by atoms with Gasteiger partial charge in [0.15, 0.2) is 0 Å². The Morgan fingerprint density at radius 2 is 1.72 bits per heavy atom. The molecule has 0 bridgehead atoms. The van der Waals surface area contributed by atoms with Gasteiger partial charge in [0.05, 0.1) is 5.69 Å². The summed E-state index contributed by atoms with van der Waals surface area (Å²) in [6, 6.07) is 12.4. The Balaban J connectivity index is 2.23. The number of aryl methyl sites for hydroxylation is 2. The molecular formula is C15H13BrN2. The van der Waals surface area contributed by atoms with Crippen LogP contribution in [-0.4, -0.2) is 9.38 Å². The Morgan fingerprint density at radius 1 is 1.00 bits per heavy atom. The lowest BCUT2D eigenvalue weighted by atomic mass is 10.1. The summed E-state index contributed by atoms with van der Waals surface area (Å²) in [5.41, 5.74) is 5.61. The molecular weight excluding hydrogens is 288 g/mol. The molecule has 90 valence electrons. The molecule has 0 spiro atoms. The van der Waals surface area contributed by atoms with Gasteiger partial charge in [-0.2, -0.15) is 0 Å². The predicted molar refractivity (Wildman–Crippen MR) is 77.8 cm³/mol. The van der Waals surface area contributed by atoms with Gasteiger partial charge in [-0.25, -0.2) is 4.98 Å². The first kappa shape index (κ1) is 11.5. The van der Waals surface area contributed by atoms with Crippen LogP contribution in [0.25, 0.3) is 16.9 Å². The zero-order chi connectivity index (χ0) is 12.7. The highest BCUT2D eigenvalue weighted by atomic mass is 79.9. The molecule has 0 saturated heterocycles. The van der Waals surface area contributed by atoms with Gasteiger partial charge in [0.2, 0.25) is 0 Å². The van der Waals surface area contributed by atoms with Crippen molar-refractivity contribution in [1.82, 2.24) is 9.38 Å². The van der Waals surface area contributed by atoms with Crippen LogP contribution in [-0.2, 0) is 0 Å². The average Bonchev–Trinajstić information content (AvgIpc) is 2.68. The van der Waals surface area contributed by atoms with Crippen LogP contribution < -0.4 is 0 Å². The molecule has 2 heterocycles. The molecule has 0 radical (unpaired) electrons. The fourth-order valence-electron chi connectivity index (χ4n) is 2.15. The van der Waals surface area contributed by atoms with Crippen molar-refractivity contribution in [3.63, 3.8) is 0 Å². The minimum absolute atomic E-state index is 0.996. The van der Waals surface area contributed by atoms with Crippen LogP contribution in [0.2, 0.25) is 0 Å². The SMILES string of the molecule is Cc1ccc2nc(-c3ccc(Br)cc3)c(C)n2c1. The molecule has 18 heavy (non-hydrogen) atoms. The van der Waals surface area contributed by atoms with Crippen molar-refractivity contribution in [1.29, 1.82) is 0 Å². The lowest BCUT2D eigenvalue weighted by Gasteiger charge is -2.00. The Hall–Kier alpha value is -1.61. The first-order valence-electron chi connectivity index (χ1n) is 5.86. The van der Waals surface area contributed by atoms with Gasteiger partial charge in [-0.1, -0.05) is 34.1 Å². The van der Waals surface area contributed by atoms with Crippen molar-refractivity contribution in [3.05, 3.63) is 58.3 Å². The highest BCUT2D eigenvalue weighted by molar-refractivity contribution is 9.10. The van der Waals surface area contributed by atoms with E-state index in [1.807, 2.05) is 12.1 Å². The minimum Gasteiger partial charge on any atom is -0.303 e. The third kappa shape index (κ3) is 1.85. The molecule has 3 rings (SSSR count). The molecule has 0 amide bonds. The second-order valence-corrected chi connectivity index (χ2v) is 5.40. The summed E-state index contributed by atoms with van der Waals surface area (Å²) in [6.07, 6.45) is 2.13. The minimum atomic E-state index is 0.996. The van der Waals surface area contributed by atoms with Crippen LogP contribution in [0.5, 0.6) is 0 Å². The monoisotopic (exact) mass is 300 g/mol. The molecule has 1 aromatic carbocycles. The predicted octanol–water partition coefficient (Wildman–Crippen LogP) is 4.38. The van der Waals surface area contributed by atoms with Crippen molar-refractivity contribution in [2.75, 3.05) is 0 Å². The first-order valence-corrected chi connectivity index (χ1v) is 6.66. The Morgan fingerprint density at radius 3 is 2.44 bits per heavy atom. The van der Waals surface area contributed by atoms with Crippen LogP contribution in [0.15, 0.2) is 47.1 Å². The van der Waals surface area contributed by atoms with E-state index in [1.165, 1.54) is 11.3 Å². The van der Waals surface area contributed by atoms with Gasteiger partial charge in [0.25, 0.3) is 0 Å². The Bertz CT molecular complexity index is 711. The molecule has 2 nitrogen and oxygen atoms in total. The van der Waals surface area contributed by atoms with Crippen LogP contribution >= 0.6 is 15.9 Å². The van der Waals surface area contributed by atoms with E-state index in [0.29, 0.717) is 0 Å². The van der Waals surface area contributed by atoms with Gasteiger partial charge < -0.3 is 4.40 Å². The molecule has 0 fully saturated rings. The highest BCUT2D eigenvalue weighted by Crippen LogP contribution is 2.25. The van der Waals surface area contributed by atoms with E-state index in [1.54, 1.807) is 0 Å². The molecule has 0 atom stereocenters. The van der Waals surface area contributed by atoms with Crippen LogP contribution in [0.4, 0.5) is 0 Å². The van der Waals surface area contributed by atoms with Gasteiger partial charge in [0.1, 0.15) is 5.65 Å². The van der Waals surface area contributed by atoms with Crippen molar-refractivity contribution in [3.8, 4) is 11.3 Å². The second kappa shape index (κ2) is 4.25. The topological polar surface area (TPSA) is 17.3 Å². The lowest BCUT2D eigenvalue weighted by Crippen LogP contribution is -1.88. The van der Waals surface area contributed by atoms with E-state index >= 15 is 0 Å². The van der Waals surface area contributed by atoms with E-state index in [0.717, 1.165) is 21.4 Å². The number of pyridine rings is 1. The molecule has 2 aromatic heterocycles. The molecule has 0 aliphatic rings. The van der Waals surface area contributed by atoms with E-state index < -0.39 is 0 Å². The van der Waals surface area contributed by atoms with Crippen molar-refractivity contribution >= 4 is 21.6 Å². The van der Waals surface area contributed by atoms with E-state index in [2.05, 4.69) is 64.6 Å². The molecule has 3 aromatic rings. The van der Waals surface area contributed by atoms with Gasteiger partial charge in [-0.3, -0.25) is 0 Å². The van der Waals surface area contributed by atoms with E-state index in [9.17, 15) is 0 Å². The molecule has 3 heteroatoms. The van der Waals surface area contributed by atoms with Gasteiger partial charge in [0, 0.05) is 21.9 Å². The maximum Gasteiger partial charge on any atom is 0.137 e. The summed E-state index contributed by atoms with van der Waals surface area (Å²) in [5, 5.41) is 0. The summed E-state index contributed by atoms with van der Waals surface area (Å²) >= 11 is 3.46. The zero-order valence-corrected chi connectivity index (χ0v) is 11.9. The number of halogens is 1. The molecule has 0 aliphatic heterocycles. The number of aromatic nitrogens is 2. The van der Waals surface area contributed by atoms with Crippen molar-refractivity contribution in [2.45, 2.75) is 13.8 Å². The Kier molecular flexibility index (Phi) is 2.71. The smallest absolute Gasteiger partial charge is 0.137 e. The van der Waals surface area contributed by atoms with Crippen LogP contribution in [0.3, 0.4) is 0 Å². The number of imidazole rings is 1. The number of rotatable bonds is 1. The summed E-state index contributed by atoms with van der Waals surface area (Å²) in [4.78, 5) is 4.70.